The molecule has 2 aromatic rings. The summed E-state index contributed by atoms with van der Waals surface area (Å²) < 4.78 is 51.8. The summed E-state index contributed by atoms with van der Waals surface area (Å²) in [6, 6.07) is 6.68. The molecule has 0 unspecified atom stereocenters. The lowest BCUT2D eigenvalue weighted by Crippen LogP contribution is -2.14. The molecular formula is C14H11F4N. The minimum absolute atomic E-state index is 0.0998. The van der Waals surface area contributed by atoms with E-state index < -0.39 is 23.3 Å². The zero-order valence-corrected chi connectivity index (χ0v) is 9.89. The first kappa shape index (κ1) is 13.5. The van der Waals surface area contributed by atoms with Crippen molar-refractivity contribution in [3.05, 3.63) is 70.8 Å². The van der Waals surface area contributed by atoms with E-state index >= 15 is 0 Å². The van der Waals surface area contributed by atoms with Gasteiger partial charge in [-0.25, -0.2) is 17.6 Å². The Morgan fingerprint density at radius 3 is 2.21 bits per heavy atom. The third kappa shape index (κ3) is 3.54. The van der Waals surface area contributed by atoms with E-state index in [2.05, 4.69) is 5.32 Å². The molecule has 0 fully saturated rings. The fraction of sp³-hybridized carbons (Fsp3) is 0.143. The molecule has 0 aliphatic rings. The Balaban J connectivity index is 1.96. The molecule has 5 heteroatoms. The maximum atomic E-state index is 13.3. The Bertz CT molecular complexity index is 584. The summed E-state index contributed by atoms with van der Waals surface area (Å²) in [5, 5.41) is 2.84. The molecule has 2 aromatic carbocycles. The van der Waals surface area contributed by atoms with E-state index in [4.69, 9.17) is 0 Å². The van der Waals surface area contributed by atoms with Gasteiger partial charge in [-0.05, 0) is 35.9 Å². The van der Waals surface area contributed by atoms with Crippen LogP contribution in [0, 0.1) is 23.3 Å². The van der Waals surface area contributed by atoms with Gasteiger partial charge in [0.2, 0.25) is 0 Å². The molecule has 0 saturated carbocycles. The van der Waals surface area contributed by atoms with E-state index in [0.29, 0.717) is 5.56 Å². The Hall–Kier alpha value is -1.88. The van der Waals surface area contributed by atoms with Crippen LogP contribution < -0.4 is 5.32 Å². The van der Waals surface area contributed by atoms with Crippen LogP contribution in [0.3, 0.4) is 0 Å². The van der Waals surface area contributed by atoms with Crippen LogP contribution >= 0.6 is 0 Å². The Morgan fingerprint density at radius 1 is 0.737 bits per heavy atom. The van der Waals surface area contributed by atoms with Gasteiger partial charge < -0.3 is 5.32 Å². The van der Waals surface area contributed by atoms with E-state index in [-0.39, 0.29) is 18.7 Å². The molecule has 0 saturated heterocycles. The molecule has 0 aliphatic carbocycles. The molecule has 0 aromatic heterocycles. The lowest BCUT2D eigenvalue weighted by Gasteiger charge is -2.07. The number of rotatable bonds is 4. The summed E-state index contributed by atoms with van der Waals surface area (Å²) in [5.41, 5.74) is 0.707. The van der Waals surface area contributed by atoms with Crippen LogP contribution in [0.1, 0.15) is 11.1 Å². The summed E-state index contributed by atoms with van der Waals surface area (Å²) in [6.45, 7) is 0.329. The lowest BCUT2D eigenvalue weighted by atomic mass is 10.2. The molecule has 0 radical (unpaired) electrons. The molecule has 1 N–H and O–H groups in total. The Labute approximate surface area is 107 Å². The highest BCUT2D eigenvalue weighted by molar-refractivity contribution is 5.20. The second-order valence-electron chi connectivity index (χ2n) is 4.09. The number of hydrogen-bond acceptors (Lipinski definition) is 1. The van der Waals surface area contributed by atoms with Gasteiger partial charge in [0.25, 0.3) is 0 Å². The molecule has 0 amide bonds. The summed E-state index contributed by atoms with van der Waals surface area (Å²) in [5.74, 6) is -2.89. The van der Waals surface area contributed by atoms with E-state index in [1.807, 2.05) is 0 Å². The van der Waals surface area contributed by atoms with Crippen molar-refractivity contribution in [2.75, 3.05) is 0 Å². The fourth-order valence-electron chi connectivity index (χ4n) is 1.67. The van der Waals surface area contributed by atoms with Gasteiger partial charge in [-0.1, -0.05) is 6.07 Å². The molecule has 0 spiro atoms. The SMILES string of the molecule is Fc1ccc(F)c(CNCc2ccc(F)c(F)c2)c1. The summed E-state index contributed by atoms with van der Waals surface area (Å²) in [4.78, 5) is 0. The first-order valence-electron chi connectivity index (χ1n) is 5.65. The highest BCUT2D eigenvalue weighted by Crippen LogP contribution is 2.11. The van der Waals surface area contributed by atoms with E-state index in [9.17, 15) is 17.6 Å². The predicted molar refractivity (Wildman–Crippen MR) is 63.3 cm³/mol. The molecule has 19 heavy (non-hydrogen) atoms. The number of hydrogen-bond donors (Lipinski definition) is 1. The first-order chi connectivity index (χ1) is 9.06. The van der Waals surface area contributed by atoms with Crippen LogP contribution in [0.15, 0.2) is 36.4 Å². The minimum atomic E-state index is -0.934. The van der Waals surface area contributed by atoms with E-state index in [1.54, 1.807) is 0 Å². The molecule has 2 rings (SSSR count). The molecule has 1 nitrogen and oxygen atoms in total. The standard InChI is InChI=1S/C14H11F4N/c15-11-2-4-12(16)10(6-11)8-19-7-9-1-3-13(17)14(18)5-9/h1-6,19H,7-8H2. The Kier molecular flexibility index (Phi) is 4.16. The van der Waals surface area contributed by atoms with Crippen molar-refractivity contribution in [2.24, 2.45) is 0 Å². The van der Waals surface area contributed by atoms with Crippen molar-refractivity contribution in [1.82, 2.24) is 5.32 Å². The zero-order valence-electron chi connectivity index (χ0n) is 9.89. The maximum absolute atomic E-state index is 13.3. The highest BCUT2D eigenvalue weighted by atomic mass is 19.2. The molecule has 0 heterocycles. The fourth-order valence-corrected chi connectivity index (χ4v) is 1.67. The van der Waals surface area contributed by atoms with Gasteiger partial charge in [-0.2, -0.15) is 0 Å². The van der Waals surface area contributed by atoms with E-state index in [1.165, 1.54) is 6.07 Å². The minimum Gasteiger partial charge on any atom is -0.309 e. The van der Waals surface area contributed by atoms with Crippen LogP contribution in [0.25, 0.3) is 0 Å². The van der Waals surface area contributed by atoms with Gasteiger partial charge in [0.1, 0.15) is 11.6 Å². The molecular weight excluding hydrogens is 258 g/mol. The normalized spacial score (nSPS) is 10.7. The predicted octanol–water partition coefficient (Wildman–Crippen LogP) is 3.53. The van der Waals surface area contributed by atoms with Crippen LogP contribution in [0.5, 0.6) is 0 Å². The first-order valence-corrected chi connectivity index (χ1v) is 5.65. The monoisotopic (exact) mass is 269 g/mol. The molecule has 0 bridgehead atoms. The maximum Gasteiger partial charge on any atom is 0.159 e. The molecule has 0 aliphatic heterocycles. The van der Waals surface area contributed by atoms with Crippen LogP contribution in [0.4, 0.5) is 17.6 Å². The van der Waals surface area contributed by atoms with Gasteiger partial charge in [0.05, 0.1) is 0 Å². The highest BCUT2D eigenvalue weighted by Gasteiger charge is 2.05. The van der Waals surface area contributed by atoms with Crippen molar-refractivity contribution < 1.29 is 17.6 Å². The summed E-state index contributed by atoms with van der Waals surface area (Å²) in [7, 11) is 0. The van der Waals surface area contributed by atoms with E-state index in [0.717, 1.165) is 30.3 Å². The van der Waals surface area contributed by atoms with Gasteiger partial charge in [-0.15, -0.1) is 0 Å². The summed E-state index contributed by atoms with van der Waals surface area (Å²) >= 11 is 0. The van der Waals surface area contributed by atoms with Crippen LogP contribution in [-0.4, -0.2) is 0 Å². The third-order valence-electron chi connectivity index (χ3n) is 2.64. The van der Waals surface area contributed by atoms with Crippen molar-refractivity contribution in [3.8, 4) is 0 Å². The average Bonchev–Trinajstić information content (AvgIpc) is 2.38. The van der Waals surface area contributed by atoms with Gasteiger partial charge in [0.15, 0.2) is 11.6 Å². The smallest absolute Gasteiger partial charge is 0.159 e. The number of halogens is 4. The van der Waals surface area contributed by atoms with Crippen molar-refractivity contribution in [2.45, 2.75) is 13.1 Å². The zero-order chi connectivity index (χ0) is 13.8. The number of nitrogens with one attached hydrogen (secondary N) is 1. The second-order valence-corrected chi connectivity index (χ2v) is 4.09. The largest absolute Gasteiger partial charge is 0.309 e. The van der Waals surface area contributed by atoms with Crippen molar-refractivity contribution >= 4 is 0 Å². The quantitative estimate of drug-likeness (QED) is 0.837. The van der Waals surface area contributed by atoms with Gasteiger partial charge >= 0.3 is 0 Å². The molecule has 0 atom stereocenters. The number of benzene rings is 2. The van der Waals surface area contributed by atoms with Crippen molar-refractivity contribution in [3.63, 3.8) is 0 Å². The van der Waals surface area contributed by atoms with Gasteiger partial charge in [0, 0.05) is 18.7 Å². The average molecular weight is 269 g/mol. The third-order valence-corrected chi connectivity index (χ3v) is 2.64. The van der Waals surface area contributed by atoms with Crippen molar-refractivity contribution in [1.29, 1.82) is 0 Å². The summed E-state index contributed by atoms with van der Waals surface area (Å²) in [6.07, 6.45) is 0. The Morgan fingerprint density at radius 2 is 1.47 bits per heavy atom. The van der Waals surface area contributed by atoms with Crippen LogP contribution in [-0.2, 0) is 13.1 Å². The lowest BCUT2D eigenvalue weighted by molar-refractivity contribution is 0.505. The molecule has 100 valence electrons. The van der Waals surface area contributed by atoms with Gasteiger partial charge in [-0.3, -0.25) is 0 Å². The second kappa shape index (κ2) is 5.84. The van der Waals surface area contributed by atoms with Crippen LogP contribution in [0.2, 0.25) is 0 Å². The topological polar surface area (TPSA) is 12.0 Å².